The Bertz CT molecular complexity index is 360. The van der Waals surface area contributed by atoms with Gasteiger partial charge >= 0.3 is 0 Å². The van der Waals surface area contributed by atoms with Gasteiger partial charge in [0.2, 0.25) is 0 Å². The van der Waals surface area contributed by atoms with E-state index in [0.29, 0.717) is 44.6 Å². The average Bonchev–Trinajstić information content (AvgIpc) is 3.19. The van der Waals surface area contributed by atoms with Crippen molar-refractivity contribution in [2.24, 2.45) is 17.6 Å². The fourth-order valence-electron chi connectivity index (χ4n) is 2.51. The largest absolute Gasteiger partial charge is 0.330 e. The Hall–Kier alpha value is -0.170. The summed E-state index contributed by atoms with van der Waals surface area (Å²) in [5.41, 5.74) is 5.64. The van der Waals surface area contributed by atoms with Crippen LogP contribution in [0.25, 0.3) is 0 Å². The highest BCUT2D eigenvalue weighted by molar-refractivity contribution is 7.86. The molecule has 0 spiro atoms. The molecule has 18 heavy (non-hydrogen) atoms. The summed E-state index contributed by atoms with van der Waals surface area (Å²) in [6.07, 6.45) is 4.16. The molecule has 0 amide bonds. The molecule has 0 radical (unpaired) electrons. The molecule has 2 rings (SSSR count). The van der Waals surface area contributed by atoms with E-state index in [9.17, 15) is 8.42 Å². The third-order valence-corrected chi connectivity index (χ3v) is 6.15. The molecule has 0 unspecified atom stereocenters. The highest BCUT2D eigenvalue weighted by atomic mass is 32.2. The van der Waals surface area contributed by atoms with Gasteiger partial charge in [0.05, 0.1) is 0 Å². The first-order valence-corrected chi connectivity index (χ1v) is 8.43. The van der Waals surface area contributed by atoms with Crippen molar-refractivity contribution in [3.05, 3.63) is 0 Å². The third kappa shape index (κ3) is 3.23. The quantitative estimate of drug-likeness (QED) is 0.773. The Labute approximate surface area is 110 Å². The maximum atomic E-state index is 12.5. The number of piperidine rings is 1. The summed E-state index contributed by atoms with van der Waals surface area (Å²) in [4.78, 5) is 0. The van der Waals surface area contributed by atoms with E-state index < -0.39 is 10.2 Å². The molecule has 1 aliphatic heterocycles. The Morgan fingerprint density at radius 1 is 1.17 bits per heavy atom. The van der Waals surface area contributed by atoms with E-state index in [1.54, 1.807) is 8.61 Å². The first-order chi connectivity index (χ1) is 8.57. The van der Waals surface area contributed by atoms with Crippen LogP contribution in [0, 0.1) is 11.8 Å². The second kappa shape index (κ2) is 5.86. The van der Waals surface area contributed by atoms with Crippen molar-refractivity contribution in [3.63, 3.8) is 0 Å². The molecule has 2 N–H and O–H groups in total. The molecule has 1 aliphatic carbocycles. The van der Waals surface area contributed by atoms with Gasteiger partial charge in [0.15, 0.2) is 0 Å². The Morgan fingerprint density at radius 2 is 1.78 bits per heavy atom. The molecule has 2 aliphatic rings. The molecule has 0 aromatic carbocycles. The Kier molecular flexibility index (Phi) is 4.64. The SMILES string of the molecule is CCN(CC1CC1)S(=O)(=O)N1CCC(CN)CC1. The lowest BCUT2D eigenvalue weighted by Gasteiger charge is -2.34. The van der Waals surface area contributed by atoms with Gasteiger partial charge < -0.3 is 5.73 Å². The van der Waals surface area contributed by atoms with E-state index in [0.717, 1.165) is 12.8 Å². The lowest BCUT2D eigenvalue weighted by atomic mass is 9.99. The highest BCUT2D eigenvalue weighted by Crippen LogP contribution is 2.31. The van der Waals surface area contributed by atoms with Crippen molar-refractivity contribution in [1.29, 1.82) is 0 Å². The van der Waals surface area contributed by atoms with Crippen LogP contribution < -0.4 is 5.73 Å². The maximum Gasteiger partial charge on any atom is 0.281 e. The van der Waals surface area contributed by atoms with E-state index in [1.165, 1.54) is 12.8 Å². The summed E-state index contributed by atoms with van der Waals surface area (Å²) in [5.74, 6) is 1.09. The zero-order valence-corrected chi connectivity index (χ0v) is 12.0. The van der Waals surface area contributed by atoms with Crippen molar-refractivity contribution < 1.29 is 8.42 Å². The molecule has 1 heterocycles. The maximum absolute atomic E-state index is 12.5. The smallest absolute Gasteiger partial charge is 0.281 e. The summed E-state index contributed by atoms with van der Waals surface area (Å²) >= 11 is 0. The number of rotatable bonds is 6. The van der Waals surface area contributed by atoms with Gasteiger partial charge in [-0.2, -0.15) is 17.0 Å². The van der Waals surface area contributed by atoms with Crippen LogP contribution in [0.3, 0.4) is 0 Å². The summed E-state index contributed by atoms with van der Waals surface area (Å²) < 4.78 is 28.3. The minimum atomic E-state index is -3.24. The molecule has 1 saturated carbocycles. The van der Waals surface area contributed by atoms with Crippen LogP contribution in [0.2, 0.25) is 0 Å². The monoisotopic (exact) mass is 275 g/mol. The van der Waals surface area contributed by atoms with Crippen LogP contribution in [0.1, 0.15) is 32.6 Å². The van der Waals surface area contributed by atoms with Gasteiger partial charge in [-0.15, -0.1) is 0 Å². The molecule has 1 saturated heterocycles. The van der Waals surface area contributed by atoms with Crippen molar-refractivity contribution in [2.75, 3.05) is 32.7 Å². The normalized spacial score (nSPS) is 23.7. The highest BCUT2D eigenvalue weighted by Gasteiger charge is 2.35. The van der Waals surface area contributed by atoms with Gasteiger partial charge in [-0.05, 0) is 44.1 Å². The van der Waals surface area contributed by atoms with E-state index >= 15 is 0 Å². The Morgan fingerprint density at radius 3 is 2.22 bits per heavy atom. The predicted molar refractivity (Wildman–Crippen MR) is 72.2 cm³/mol. The van der Waals surface area contributed by atoms with Crippen LogP contribution in [0.4, 0.5) is 0 Å². The molecule has 0 aromatic heterocycles. The molecule has 0 atom stereocenters. The predicted octanol–water partition coefficient (Wildman–Crippen LogP) is 0.634. The molecule has 6 heteroatoms. The molecule has 106 valence electrons. The summed E-state index contributed by atoms with van der Waals surface area (Å²) in [6, 6.07) is 0. The van der Waals surface area contributed by atoms with Gasteiger partial charge in [0, 0.05) is 26.2 Å². The van der Waals surface area contributed by atoms with E-state index in [2.05, 4.69) is 0 Å². The number of hydrogen-bond donors (Lipinski definition) is 1. The molecular formula is C12H25N3O2S. The lowest BCUT2D eigenvalue weighted by Crippen LogP contribution is -2.48. The number of hydrogen-bond acceptors (Lipinski definition) is 3. The Balaban J connectivity index is 1.96. The molecule has 0 aromatic rings. The molecule has 2 fully saturated rings. The van der Waals surface area contributed by atoms with Gasteiger partial charge in [-0.3, -0.25) is 0 Å². The fraction of sp³-hybridized carbons (Fsp3) is 1.00. The van der Waals surface area contributed by atoms with E-state index in [4.69, 9.17) is 5.73 Å². The zero-order valence-electron chi connectivity index (χ0n) is 11.2. The van der Waals surface area contributed by atoms with E-state index in [1.807, 2.05) is 6.92 Å². The van der Waals surface area contributed by atoms with Crippen LogP contribution in [-0.2, 0) is 10.2 Å². The number of nitrogens with zero attached hydrogens (tertiary/aromatic N) is 2. The summed E-state index contributed by atoms with van der Waals surface area (Å²) in [5, 5.41) is 0. The summed E-state index contributed by atoms with van der Waals surface area (Å²) in [7, 11) is -3.24. The van der Waals surface area contributed by atoms with Gasteiger partial charge in [0.1, 0.15) is 0 Å². The van der Waals surface area contributed by atoms with Crippen molar-refractivity contribution >= 4 is 10.2 Å². The fourth-order valence-corrected chi connectivity index (χ4v) is 4.24. The number of nitrogens with two attached hydrogens (primary N) is 1. The minimum Gasteiger partial charge on any atom is -0.330 e. The van der Waals surface area contributed by atoms with Crippen molar-refractivity contribution in [2.45, 2.75) is 32.6 Å². The molecule has 5 nitrogen and oxygen atoms in total. The second-order valence-electron chi connectivity index (χ2n) is 5.48. The molecular weight excluding hydrogens is 250 g/mol. The van der Waals surface area contributed by atoms with Gasteiger partial charge in [-0.25, -0.2) is 0 Å². The standard InChI is InChI=1S/C12H25N3O2S/c1-2-14(10-12-3-4-12)18(16,17)15-7-5-11(9-13)6-8-15/h11-12H,2-10,13H2,1H3. The van der Waals surface area contributed by atoms with Crippen LogP contribution >= 0.6 is 0 Å². The first kappa shape index (κ1) is 14.2. The van der Waals surface area contributed by atoms with Crippen molar-refractivity contribution in [1.82, 2.24) is 8.61 Å². The average molecular weight is 275 g/mol. The van der Waals surface area contributed by atoms with Crippen LogP contribution in [-0.4, -0.2) is 49.8 Å². The molecule has 0 bridgehead atoms. The first-order valence-electron chi connectivity index (χ1n) is 7.03. The minimum absolute atomic E-state index is 0.495. The summed E-state index contributed by atoms with van der Waals surface area (Å²) in [6.45, 7) is 5.14. The van der Waals surface area contributed by atoms with Gasteiger partial charge in [0.25, 0.3) is 10.2 Å². The van der Waals surface area contributed by atoms with Crippen LogP contribution in [0.15, 0.2) is 0 Å². The second-order valence-corrected chi connectivity index (χ2v) is 7.41. The third-order valence-electron chi connectivity index (χ3n) is 4.07. The zero-order chi connectivity index (χ0) is 13.2. The topological polar surface area (TPSA) is 66.6 Å². The van der Waals surface area contributed by atoms with Crippen LogP contribution in [0.5, 0.6) is 0 Å². The van der Waals surface area contributed by atoms with Gasteiger partial charge in [-0.1, -0.05) is 6.92 Å². The lowest BCUT2D eigenvalue weighted by molar-refractivity contribution is 0.257. The van der Waals surface area contributed by atoms with Crippen molar-refractivity contribution in [3.8, 4) is 0 Å². The van der Waals surface area contributed by atoms with E-state index in [-0.39, 0.29) is 0 Å².